The molecular weight excluding hydrogens is 192 g/mol. The molecule has 80 valence electrons. The predicted molar refractivity (Wildman–Crippen MR) is 58.5 cm³/mol. The van der Waals surface area contributed by atoms with Crippen molar-refractivity contribution in [3.63, 3.8) is 0 Å². The first-order valence-electron chi connectivity index (χ1n) is 4.90. The summed E-state index contributed by atoms with van der Waals surface area (Å²) in [6, 6.07) is 0. The highest BCUT2D eigenvalue weighted by Gasteiger charge is 2.02. The van der Waals surface area contributed by atoms with Crippen molar-refractivity contribution in [1.82, 2.24) is 19.7 Å². The van der Waals surface area contributed by atoms with Gasteiger partial charge in [-0.15, -0.1) is 0 Å². The minimum Gasteiger partial charge on any atom is -0.354 e. The van der Waals surface area contributed by atoms with Crippen molar-refractivity contribution in [2.75, 3.05) is 18.4 Å². The lowest BCUT2D eigenvalue weighted by molar-refractivity contribution is 0.784. The van der Waals surface area contributed by atoms with E-state index in [-0.39, 0.29) is 0 Å². The molecular formula is C9H14N6. The summed E-state index contributed by atoms with van der Waals surface area (Å²) in [6.07, 6.45) is 4.42. The van der Waals surface area contributed by atoms with E-state index in [1.165, 1.54) is 0 Å². The monoisotopic (exact) mass is 206 g/mol. The second-order valence-electron chi connectivity index (χ2n) is 3.31. The maximum absolute atomic E-state index is 5.40. The molecule has 0 radical (unpaired) electrons. The summed E-state index contributed by atoms with van der Waals surface area (Å²) >= 11 is 0. The highest BCUT2D eigenvalue weighted by atomic mass is 15.3. The predicted octanol–water partition coefficient (Wildman–Crippen LogP) is 0.124. The Hall–Kier alpha value is -1.69. The van der Waals surface area contributed by atoms with Crippen molar-refractivity contribution in [1.29, 1.82) is 0 Å². The van der Waals surface area contributed by atoms with E-state index in [0.717, 1.165) is 24.0 Å². The van der Waals surface area contributed by atoms with Gasteiger partial charge in [-0.1, -0.05) is 0 Å². The third-order valence-electron chi connectivity index (χ3n) is 2.14. The van der Waals surface area contributed by atoms with Crippen LogP contribution in [-0.2, 0) is 7.05 Å². The number of aryl methyl sites for hydroxylation is 1. The van der Waals surface area contributed by atoms with E-state index in [2.05, 4.69) is 20.4 Å². The van der Waals surface area contributed by atoms with Crippen molar-refractivity contribution in [3.8, 4) is 0 Å². The van der Waals surface area contributed by atoms with Crippen molar-refractivity contribution >= 4 is 17.0 Å². The van der Waals surface area contributed by atoms with Gasteiger partial charge < -0.3 is 11.1 Å². The van der Waals surface area contributed by atoms with Gasteiger partial charge in [0.1, 0.15) is 0 Å². The first-order chi connectivity index (χ1) is 7.31. The summed E-state index contributed by atoms with van der Waals surface area (Å²) in [7, 11) is 1.86. The molecule has 0 bridgehead atoms. The van der Waals surface area contributed by atoms with Crippen LogP contribution in [0.15, 0.2) is 12.4 Å². The van der Waals surface area contributed by atoms with Crippen LogP contribution in [0.4, 0.5) is 5.95 Å². The fraction of sp³-hybridized carbons (Fsp3) is 0.444. The zero-order valence-electron chi connectivity index (χ0n) is 8.64. The number of hydrogen-bond acceptors (Lipinski definition) is 5. The van der Waals surface area contributed by atoms with Crippen molar-refractivity contribution in [2.24, 2.45) is 12.8 Å². The molecule has 15 heavy (non-hydrogen) atoms. The van der Waals surface area contributed by atoms with Gasteiger partial charge in [-0.2, -0.15) is 10.1 Å². The smallest absolute Gasteiger partial charge is 0.224 e. The SMILES string of the molecule is Cn1ncc2cnc(NCCCN)nc21. The van der Waals surface area contributed by atoms with Crippen LogP contribution in [0.2, 0.25) is 0 Å². The number of nitrogens with two attached hydrogens (primary N) is 1. The largest absolute Gasteiger partial charge is 0.354 e. The number of rotatable bonds is 4. The van der Waals surface area contributed by atoms with Gasteiger partial charge in [-0.3, -0.25) is 4.68 Å². The highest BCUT2D eigenvalue weighted by molar-refractivity contribution is 5.74. The van der Waals surface area contributed by atoms with Crippen LogP contribution in [0.25, 0.3) is 11.0 Å². The fourth-order valence-electron chi connectivity index (χ4n) is 1.32. The molecule has 0 saturated heterocycles. The topological polar surface area (TPSA) is 81.7 Å². The first-order valence-corrected chi connectivity index (χ1v) is 4.90. The molecule has 0 saturated carbocycles. The highest BCUT2D eigenvalue weighted by Crippen LogP contribution is 2.10. The van der Waals surface area contributed by atoms with Gasteiger partial charge in [0.15, 0.2) is 5.65 Å². The molecule has 0 aliphatic heterocycles. The molecule has 0 aliphatic rings. The second kappa shape index (κ2) is 4.22. The summed E-state index contributed by atoms with van der Waals surface area (Å²) in [4.78, 5) is 8.52. The van der Waals surface area contributed by atoms with Gasteiger partial charge in [0.2, 0.25) is 5.95 Å². The van der Waals surface area contributed by atoms with Gasteiger partial charge in [0, 0.05) is 19.8 Å². The van der Waals surface area contributed by atoms with E-state index in [0.29, 0.717) is 12.5 Å². The van der Waals surface area contributed by atoms with E-state index in [9.17, 15) is 0 Å². The zero-order chi connectivity index (χ0) is 10.7. The number of aromatic nitrogens is 4. The van der Waals surface area contributed by atoms with E-state index < -0.39 is 0 Å². The maximum atomic E-state index is 5.40. The normalized spacial score (nSPS) is 10.8. The van der Waals surface area contributed by atoms with E-state index >= 15 is 0 Å². The first kappa shape index (κ1) is 9.85. The number of nitrogens with one attached hydrogen (secondary N) is 1. The Morgan fingerprint density at radius 2 is 2.33 bits per heavy atom. The lowest BCUT2D eigenvalue weighted by atomic mass is 10.4. The van der Waals surface area contributed by atoms with Gasteiger partial charge >= 0.3 is 0 Å². The Bertz CT molecular complexity index is 449. The van der Waals surface area contributed by atoms with E-state index in [1.807, 2.05) is 7.05 Å². The van der Waals surface area contributed by atoms with Crippen LogP contribution in [-0.4, -0.2) is 32.8 Å². The van der Waals surface area contributed by atoms with Crippen LogP contribution in [0.3, 0.4) is 0 Å². The Kier molecular flexibility index (Phi) is 2.77. The minimum atomic E-state index is 0.625. The van der Waals surface area contributed by atoms with Crippen LogP contribution < -0.4 is 11.1 Å². The molecule has 0 aliphatic carbocycles. The van der Waals surface area contributed by atoms with Crippen molar-refractivity contribution in [3.05, 3.63) is 12.4 Å². The van der Waals surface area contributed by atoms with Gasteiger partial charge in [0.05, 0.1) is 11.6 Å². The fourth-order valence-corrected chi connectivity index (χ4v) is 1.32. The van der Waals surface area contributed by atoms with Crippen molar-refractivity contribution < 1.29 is 0 Å². The Morgan fingerprint density at radius 1 is 1.47 bits per heavy atom. The van der Waals surface area contributed by atoms with Crippen LogP contribution in [0.1, 0.15) is 6.42 Å². The van der Waals surface area contributed by atoms with Crippen molar-refractivity contribution in [2.45, 2.75) is 6.42 Å². The molecule has 0 atom stereocenters. The molecule has 6 nitrogen and oxygen atoms in total. The lowest BCUT2D eigenvalue weighted by Gasteiger charge is -2.03. The molecule has 6 heteroatoms. The molecule has 2 aromatic heterocycles. The number of anilines is 1. The summed E-state index contributed by atoms with van der Waals surface area (Å²) < 4.78 is 1.73. The van der Waals surface area contributed by atoms with Gasteiger partial charge in [0.25, 0.3) is 0 Å². The molecule has 0 amide bonds. The summed E-state index contributed by atoms with van der Waals surface area (Å²) in [5.74, 6) is 0.625. The molecule has 0 aromatic carbocycles. The third-order valence-corrected chi connectivity index (χ3v) is 2.14. The molecule has 0 unspecified atom stereocenters. The number of hydrogen-bond donors (Lipinski definition) is 2. The standard InChI is InChI=1S/C9H14N6/c1-15-8-7(6-13-15)5-12-9(14-8)11-4-2-3-10/h5-6H,2-4,10H2,1H3,(H,11,12,14). The third kappa shape index (κ3) is 2.04. The summed E-state index contributed by atoms with van der Waals surface area (Å²) in [5, 5.41) is 8.16. The molecule has 0 fully saturated rings. The molecule has 0 spiro atoms. The Morgan fingerprint density at radius 3 is 3.13 bits per heavy atom. The molecule has 2 aromatic rings. The lowest BCUT2D eigenvalue weighted by Crippen LogP contribution is -2.10. The summed E-state index contributed by atoms with van der Waals surface area (Å²) in [5.41, 5.74) is 6.23. The number of fused-ring (bicyclic) bond motifs is 1. The second-order valence-corrected chi connectivity index (χ2v) is 3.31. The van der Waals surface area contributed by atoms with Gasteiger partial charge in [-0.25, -0.2) is 4.98 Å². The van der Waals surface area contributed by atoms with Gasteiger partial charge in [-0.05, 0) is 13.0 Å². The molecule has 3 N–H and O–H groups in total. The van der Waals surface area contributed by atoms with E-state index in [4.69, 9.17) is 5.73 Å². The average molecular weight is 206 g/mol. The van der Waals surface area contributed by atoms with Crippen LogP contribution >= 0.6 is 0 Å². The average Bonchev–Trinajstić information content (AvgIpc) is 2.61. The van der Waals surface area contributed by atoms with Crippen LogP contribution in [0.5, 0.6) is 0 Å². The maximum Gasteiger partial charge on any atom is 0.224 e. The molecule has 2 rings (SSSR count). The van der Waals surface area contributed by atoms with Crippen LogP contribution in [0, 0.1) is 0 Å². The quantitative estimate of drug-likeness (QED) is 0.694. The minimum absolute atomic E-state index is 0.625. The Balaban J connectivity index is 2.18. The molecule has 2 heterocycles. The number of nitrogens with zero attached hydrogens (tertiary/aromatic N) is 4. The Labute approximate surface area is 87.5 Å². The zero-order valence-corrected chi connectivity index (χ0v) is 8.64. The summed E-state index contributed by atoms with van der Waals surface area (Å²) in [6.45, 7) is 1.46. The van der Waals surface area contributed by atoms with E-state index in [1.54, 1.807) is 17.1 Å².